The van der Waals surface area contributed by atoms with E-state index in [0.29, 0.717) is 55.7 Å². The smallest absolute Gasteiger partial charge is 0.167 e. The van der Waals surface area contributed by atoms with Crippen molar-refractivity contribution >= 4 is 41.0 Å². The van der Waals surface area contributed by atoms with Crippen molar-refractivity contribution < 1.29 is 17.9 Å². The van der Waals surface area contributed by atoms with Crippen LogP contribution in [-0.2, 0) is 30.8 Å². The quantitative estimate of drug-likeness (QED) is 0.284. The molecule has 0 aromatic carbocycles. The Bertz CT molecular complexity index is 1410. The van der Waals surface area contributed by atoms with E-state index in [1.54, 1.807) is 21.5 Å². The number of hydrogen-bond acceptors (Lipinski definition) is 8. The number of hydrogen-bond donors (Lipinski definition) is 0. The first-order chi connectivity index (χ1) is 17.4. The first-order valence-corrected chi connectivity index (χ1v) is 18.6. The molecule has 13 heteroatoms. The van der Waals surface area contributed by atoms with Gasteiger partial charge in [0, 0.05) is 39.6 Å². The molecule has 10 nitrogen and oxygen atoms in total. The van der Waals surface area contributed by atoms with Crippen molar-refractivity contribution in [3.05, 3.63) is 29.2 Å². The van der Waals surface area contributed by atoms with Crippen LogP contribution < -0.4 is 4.90 Å². The number of nitrogens with zero attached hydrogens (tertiary/aromatic N) is 6. The lowest BCUT2D eigenvalue weighted by Gasteiger charge is -2.34. The van der Waals surface area contributed by atoms with Crippen LogP contribution in [0.25, 0.3) is 16.9 Å². The van der Waals surface area contributed by atoms with Gasteiger partial charge < -0.3 is 14.4 Å². The van der Waals surface area contributed by atoms with E-state index in [4.69, 9.17) is 26.1 Å². The van der Waals surface area contributed by atoms with Crippen molar-refractivity contribution in [3.63, 3.8) is 0 Å². The number of anilines is 1. The molecule has 202 valence electrons. The molecular formula is C24H35ClN6O4SSi. The Kier molecular flexibility index (Phi) is 6.93. The third-order valence-corrected chi connectivity index (χ3v) is 11.2. The zero-order chi connectivity index (χ0) is 26.6. The standard InChI is InChI=1S/C24H35ClN6O4SSi/c1-17-15-34-9-8-29(17)22-13-20(24(6-7-24)36(2,32)33)31-23(27-22)18(14-26-31)19-12-21(25)28-30(19)16-35-10-11-37(3,4)5/h12-14,17H,6-11,15-16H2,1-5H3/t17-/m0/s1. The van der Waals surface area contributed by atoms with E-state index in [1.807, 2.05) is 6.07 Å². The fraction of sp³-hybridized carbons (Fsp3) is 0.625. The average molecular weight is 567 g/mol. The van der Waals surface area contributed by atoms with Crippen LogP contribution in [0.5, 0.6) is 0 Å². The van der Waals surface area contributed by atoms with Crippen LogP contribution in [0.15, 0.2) is 18.3 Å². The van der Waals surface area contributed by atoms with E-state index in [1.165, 1.54) is 6.26 Å². The van der Waals surface area contributed by atoms with Crippen LogP contribution >= 0.6 is 11.6 Å². The van der Waals surface area contributed by atoms with E-state index < -0.39 is 22.7 Å². The lowest BCUT2D eigenvalue weighted by Crippen LogP contribution is -2.44. The molecule has 1 aliphatic heterocycles. The monoisotopic (exact) mass is 566 g/mol. The van der Waals surface area contributed by atoms with Crippen molar-refractivity contribution in [1.29, 1.82) is 0 Å². The highest BCUT2D eigenvalue weighted by molar-refractivity contribution is 7.92. The normalized spacial score (nSPS) is 20.1. The Balaban J connectivity index is 1.60. The number of fused-ring (bicyclic) bond motifs is 1. The van der Waals surface area contributed by atoms with E-state index >= 15 is 0 Å². The van der Waals surface area contributed by atoms with Crippen LogP contribution in [-0.4, -0.2) is 79.5 Å². The van der Waals surface area contributed by atoms with Gasteiger partial charge in [0.25, 0.3) is 0 Å². The average Bonchev–Trinajstić information content (AvgIpc) is 3.41. The van der Waals surface area contributed by atoms with E-state index in [2.05, 4.69) is 41.7 Å². The van der Waals surface area contributed by atoms with Gasteiger partial charge in [0.1, 0.15) is 17.3 Å². The second-order valence-corrected chi connectivity index (χ2v) is 19.7. The van der Waals surface area contributed by atoms with Gasteiger partial charge in [0.2, 0.25) is 0 Å². The summed E-state index contributed by atoms with van der Waals surface area (Å²) in [6, 6.07) is 4.82. The molecule has 0 spiro atoms. The maximum atomic E-state index is 12.9. The van der Waals surface area contributed by atoms with Gasteiger partial charge in [0.15, 0.2) is 20.6 Å². The Morgan fingerprint density at radius 1 is 1.27 bits per heavy atom. The zero-order valence-corrected chi connectivity index (χ0v) is 24.6. The lowest BCUT2D eigenvalue weighted by atomic mass is 10.2. The SMILES string of the molecule is C[C@H]1COCCN1c1cc(C2(S(C)(=O)=O)CC2)n2ncc(-c3cc(Cl)nn3COCC[Si](C)(C)C)c2n1. The van der Waals surface area contributed by atoms with E-state index in [0.717, 1.165) is 23.1 Å². The number of morpholine rings is 1. The van der Waals surface area contributed by atoms with Gasteiger partial charge in [-0.3, -0.25) is 0 Å². The largest absolute Gasteiger partial charge is 0.377 e. The number of halogens is 1. The summed E-state index contributed by atoms with van der Waals surface area (Å²) in [4.78, 5) is 7.18. The molecule has 1 aliphatic carbocycles. The summed E-state index contributed by atoms with van der Waals surface area (Å²) in [7, 11) is -4.59. The Morgan fingerprint density at radius 2 is 2.03 bits per heavy atom. The zero-order valence-electron chi connectivity index (χ0n) is 22.1. The fourth-order valence-corrected chi connectivity index (χ4v) is 7.15. The van der Waals surface area contributed by atoms with Crippen LogP contribution in [0.4, 0.5) is 5.82 Å². The van der Waals surface area contributed by atoms with Gasteiger partial charge in [-0.05, 0) is 25.8 Å². The van der Waals surface area contributed by atoms with Gasteiger partial charge in [0.05, 0.1) is 42.4 Å². The first kappa shape index (κ1) is 26.6. The van der Waals surface area contributed by atoms with Crippen molar-refractivity contribution in [2.24, 2.45) is 0 Å². The number of aromatic nitrogens is 5. The van der Waals surface area contributed by atoms with Crippen molar-refractivity contribution in [2.45, 2.75) is 63.0 Å². The third kappa shape index (κ3) is 5.18. The molecule has 5 rings (SSSR count). The molecule has 0 bridgehead atoms. The maximum absolute atomic E-state index is 12.9. The summed E-state index contributed by atoms with van der Waals surface area (Å²) in [6.45, 7) is 11.8. The van der Waals surface area contributed by atoms with E-state index in [-0.39, 0.29) is 12.8 Å². The molecule has 2 fully saturated rings. The molecule has 3 aromatic rings. The lowest BCUT2D eigenvalue weighted by molar-refractivity contribution is 0.0798. The van der Waals surface area contributed by atoms with Crippen LogP contribution in [0.3, 0.4) is 0 Å². The summed E-state index contributed by atoms with van der Waals surface area (Å²) in [5.74, 6) is 0.721. The topological polar surface area (TPSA) is 104 Å². The minimum absolute atomic E-state index is 0.107. The van der Waals surface area contributed by atoms with Gasteiger partial charge in [-0.1, -0.05) is 31.2 Å². The Hall–Kier alpha value is -1.99. The molecule has 1 atom stereocenters. The van der Waals surface area contributed by atoms with Crippen molar-refractivity contribution in [1.82, 2.24) is 24.4 Å². The molecule has 0 radical (unpaired) electrons. The van der Waals surface area contributed by atoms with Crippen molar-refractivity contribution in [2.75, 3.05) is 37.5 Å². The second-order valence-electron chi connectivity index (χ2n) is 11.4. The summed E-state index contributed by atoms with van der Waals surface area (Å²) >= 11 is 6.34. The van der Waals surface area contributed by atoms with Gasteiger partial charge in [-0.2, -0.15) is 10.2 Å². The number of ether oxygens (including phenoxy) is 2. The predicted molar refractivity (Wildman–Crippen MR) is 147 cm³/mol. The summed E-state index contributed by atoms with van der Waals surface area (Å²) in [5, 5.41) is 9.41. The maximum Gasteiger partial charge on any atom is 0.167 e. The molecule has 3 aromatic heterocycles. The van der Waals surface area contributed by atoms with Crippen LogP contribution in [0, 0.1) is 0 Å². The molecular weight excluding hydrogens is 532 g/mol. The number of rotatable bonds is 9. The highest BCUT2D eigenvalue weighted by Gasteiger charge is 2.56. The minimum atomic E-state index is -3.37. The van der Waals surface area contributed by atoms with Gasteiger partial charge in [-0.25, -0.2) is 22.6 Å². The molecule has 0 N–H and O–H groups in total. The number of sulfone groups is 1. The highest BCUT2D eigenvalue weighted by atomic mass is 35.5. The molecule has 4 heterocycles. The Labute approximate surface area is 223 Å². The Morgan fingerprint density at radius 3 is 2.68 bits per heavy atom. The molecule has 0 amide bonds. The van der Waals surface area contributed by atoms with Gasteiger partial charge in [-0.15, -0.1) is 0 Å². The molecule has 37 heavy (non-hydrogen) atoms. The summed E-state index contributed by atoms with van der Waals surface area (Å²) in [6.07, 6.45) is 4.14. The minimum Gasteiger partial charge on any atom is -0.377 e. The first-order valence-electron chi connectivity index (χ1n) is 12.6. The van der Waals surface area contributed by atoms with Crippen LogP contribution in [0.1, 0.15) is 25.5 Å². The third-order valence-electron chi connectivity index (χ3n) is 7.24. The molecule has 1 saturated heterocycles. The fourth-order valence-electron chi connectivity index (χ4n) is 4.83. The molecule has 1 saturated carbocycles. The van der Waals surface area contributed by atoms with Crippen LogP contribution in [0.2, 0.25) is 30.8 Å². The van der Waals surface area contributed by atoms with Gasteiger partial charge >= 0.3 is 0 Å². The highest BCUT2D eigenvalue weighted by Crippen LogP contribution is 2.53. The summed E-state index contributed by atoms with van der Waals surface area (Å²) in [5.41, 5.74) is 2.66. The van der Waals surface area contributed by atoms with E-state index in [9.17, 15) is 8.42 Å². The molecule has 0 unspecified atom stereocenters. The molecule has 2 aliphatic rings. The predicted octanol–water partition coefficient (Wildman–Crippen LogP) is 3.82. The second kappa shape index (κ2) is 9.64. The summed E-state index contributed by atoms with van der Waals surface area (Å²) < 4.78 is 39.9. The van der Waals surface area contributed by atoms with Crippen molar-refractivity contribution in [3.8, 4) is 11.3 Å².